The summed E-state index contributed by atoms with van der Waals surface area (Å²) in [6.45, 7) is 13.1. The van der Waals surface area contributed by atoms with Crippen LogP contribution in [0.4, 0.5) is 17.5 Å². The van der Waals surface area contributed by atoms with Gasteiger partial charge in [-0.2, -0.15) is 5.10 Å². The number of para-hydroxylation sites is 1. The normalized spacial score (nSPS) is 20.6. The minimum atomic E-state index is -0.879. The summed E-state index contributed by atoms with van der Waals surface area (Å²) in [6, 6.07) is 25.9. The number of aryl methyl sites for hydroxylation is 1. The van der Waals surface area contributed by atoms with E-state index in [0.29, 0.717) is 61.4 Å². The monoisotopic (exact) mass is 989 g/mol. The van der Waals surface area contributed by atoms with Crippen LogP contribution in [0, 0.1) is 11.3 Å². The van der Waals surface area contributed by atoms with Crippen LogP contribution in [0.15, 0.2) is 104 Å². The van der Waals surface area contributed by atoms with Gasteiger partial charge >= 0.3 is 0 Å². The second-order valence-electron chi connectivity index (χ2n) is 20.9. The number of nitrogens with zero attached hydrogens (tertiary/aromatic N) is 9. The molecule has 1 aliphatic carbocycles. The first kappa shape index (κ1) is 50.5. The Labute approximate surface area is 427 Å². The molecule has 2 aliphatic heterocycles. The number of aromatic nitrogens is 6. The smallest absolute Gasteiger partial charge is 0.246 e. The molecule has 6 aromatic rings. The van der Waals surface area contributed by atoms with Crippen molar-refractivity contribution < 1.29 is 24.6 Å². The van der Waals surface area contributed by atoms with Crippen LogP contribution in [0.1, 0.15) is 83.8 Å². The number of β-amino-alcohol motifs (C(OH)–C–C–N with tert-alkyl or cyclic N) is 1. The molecule has 0 radical (unpaired) electrons. The van der Waals surface area contributed by atoms with Gasteiger partial charge in [-0.1, -0.05) is 81.4 Å². The van der Waals surface area contributed by atoms with Crippen LogP contribution in [-0.4, -0.2) is 120 Å². The van der Waals surface area contributed by atoms with E-state index in [1.807, 2.05) is 95.7 Å². The average Bonchev–Trinajstić information content (AvgIpc) is 4.02. The number of aliphatic hydroxyl groups excluding tert-OH is 1. The number of amides is 3. The Balaban J connectivity index is 0.764. The van der Waals surface area contributed by atoms with E-state index in [1.54, 1.807) is 23.0 Å². The van der Waals surface area contributed by atoms with Crippen LogP contribution in [-0.2, 0) is 28.0 Å². The summed E-state index contributed by atoms with van der Waals surface area (Å²) in [7, 11) is 1.89. The summed E-state index contributed by atoms with van der Waals surface area (Å²) in [4.78, 5) is 57.5. The number of hydrogen-bond acceptors (Lipinski definition) is 13. The summed E-state index contributed by atoms with van der Waals surface area (Å²) in [5, 5.41) is 43.9. The zero-order valence-corrected chi connectivity index (χ0v) is 42.7. The van der Waals surface area contributed by atoms with Gasteiger partial charge in [0.1, 0.15) is 17.8 Å². The fourth-order valence-electron chi connectivity index (χ4n) is 10.6. The molecule has 2 saturated heterocycles. The Hall–Kier alpha value is -7.40. The summed E-state index contributed by atoms with van der Waals surface area (Å²) in [5.41, 5.74) is 7.62. The number of phenols is 1. The molecule has 5 heterocycles. The van der Waals surface area contributed by atoms with Gasteiger partial charge in [0.25, 0.3) is 0 Å². The van der Waals surface area contributed by atoms with Gasteiger partial charge in [-0.05, 0) is 97.4 Å². The van der Waals surface area contributed by atoms with Crippen molar-refractivity contribution in [1.82, 2.24) is 45.5 Å². The molecule has 3 amide bonds. The highest BCUT2D eigenvalue weighted by atomic mass is 16.3. The summed E-state index contributed by atoms with van der Waals surface area (Å²) in [6.07, 6.45) is 7.86. The molecule has 0 bridgehead atoms. The third kappa shape index (κ3) is 11.3. The van der Waals surface area contributed by atoms with Crippen molar-refractivity contribution in [1.29, 1.82) is 0 Å². The number of phenolic OH excluding ortho intramolecular Hbond substituents is 1. The lowest BCUT2D eigenvalue weighted by molar-refractivity contribution is -0.144. The molecule has 17 heteroatoms. The maximum absolute atomic E-state index is 14.3. The first-order valence-electron chi connectivity index (χ1n) is 25.6. The molecule has 73 heavy (non-hydrogen) atoms. The molecule has 382 valence electrons. The fourth-order valence-corrected chi connectivity index (χ4v) is 10.6. The summed E-state index contributed by atoms with van der Waals surface area (Å²) in [5.74, 6) is 0.758. The molecule has 3 aromatic carbocycles. The number of hydrogen-bond donors (Lipinski definition) is 5. The van der Waals surface area contributed by atoms with E-state index < -0.39 is 23.6 Å². The van der Waals surface area contributed by atoms with Crippen molar-refractivity contribution >= 4 is 35.2 Å². The third-order valence-electron chi connectivity index (χ3n) is 14.8. The number of benzene rings is 3. The number of likely N-dealkylation sites (tertiary alicyclic amines) is 1. The topological polar surface area (TPSA) is 207 Å². The Morgan fingerprint density at radius 1 is 0.836 bits per heavy atom. The van der Waals surface area contributed by atoms with E-state index in [4.69, 9.17) is 9.97 Å². The van der Waals surface area contributed by atoms with Crippen molar-refractivity contribution in [3.63, 3.8) is 0 Å². The number of nitrogens with one attached hydrogen (secondary N) is 3. The Bertz CT molecular complexity index is 2880. The van der Waals surface area contributed by atoms with Gasteiger partial charge in [0.15, 0.2) is 5.82 Å². The van der Waals surface area contributed by atoms with E-state index >= 15 is 0 Å². The van der Waals surface area contributed by atoms with E-state index in [9.17, 15) is 24.6 Å². The predicted molar refractivity (Wildman–Crippen MR) is 282 cm³/mol. The summed E-state index contributed by atoms with van der Waals surface area (Å²) < 4.78 is 1.80. The standard InChI is InChI=1S/C56H68N12O5/c1-7-57-51-47(29-45(63-64-51)44-10-8-9-11-49(44)70)67-27-26-66(33-35(67)2)55-59-31-42(32-60-55)39-18-16-37(17-19-39)38-20-22-41(23-21-38)52(71)62-50(56(3,4)5)54(73)68-34-43(69)28-48(68)53(72)58-30-36-12-14-40(15-13-36)46-24-25-61-65(46)6/h8-19,24-25,29,31-32,35,38,41,43,48,50,69-70H,7,20-23,26-28,30,33-34H2,1-6H3,(H,57,64)(H,58,72)(H,62,71)/t35-,38?,41?,43+,48-,50+/m0/s1. The molecular weight excluding hydrogens is 921 g/mol. The molecule has 3 fully saturated rings. The lowest BCUT2D eigenvalue weighted by Crippen LogP contribution is -2.58. The molecule has 1 saturated carbocycles. The number of carbonyl (C=O) groups excluding carboxylic acids is 3. The van der Waals surface area contributed by atoms with Crippen molar-refractivity contribution in [2.45, 2.75) is 103 Å². The molecule has 0 unspecified atom stereocenters. The quantitative estimate of drug-likeness (QED) is 0.0751. The van der Waals surface area contributed by atoms with E-state index in [2.05, 4.69) is 72.2 Å². The van der Waals surface area contributed by atoms with E-state index in [0.717, 1.165) is 53.0 Å². The van der Waals surface area contributed by atoms with Crippen LogP contribution in [0.2, 0.25) is 0 Å². The number of rotatable bonds is 14. The summed E-state index contributed by atoms with van der Waals surface area (Å²) >= 11 is 0. The molecule has 0 spiro atoms. The highest BCUT2D eigenvalue weighted by molar-refractivity contribution is 5.93. The predicted octanol–water partition coefficient (Wildman–Crippen LogP) is 6.94. The first-order chi connectivity index (χ1) is 35.1. The van der Waals surface area contributed by atoms with Crippen LogP contribution >= 0.6 is 0 Å². The lowest BCUT2D eigenvalue weighted by atomic mass is 9.77. The number of carbonyl (C=O) groups is 3. The van der Waals surface area contributed by atoms with Crippen molar-refractivity contribution in [2.75, 3.05) is 47.8 Å². The molecule has 9 rings (SSSR count). The minimum absolute atomic E-state index is 0.0222. The number of aromatic hydroxyl groups is 1. The van der Waals surface area contributed by atoms with Crippen LogP contribution in [0.3, 0.4) is 0 Å². The van der Waals surface area contributed by atoms with E-state index in [1.165, 1.54) is 10.5 Å². The van der Waals surface area contributed by atoms with E-state index in [-0.39, 0.29) is 54.9 Å². The average molecular weight is 989 g/mol. The van der Waals surface area contributed by atoms with Gasteiger partial charge in [0.2, 0.25) is 23.7 Å². The second-order valence-corrected chi connectivity index (χ2v) is 20.9. The fraction of sp³-hybridized carbons (Fsp3) is 0.429. The van der Waals surface area contributed by atoms with Gasteiger partial charge in [-0.15, -0.1) is 10.2 Å². The van der Waals surface area contributed by atoms with Gasteiger partial charge in [0.05, 0.1) is 23.2 Å². The molecule has 17 nitrogen and oxygen atoms in total. The van der Waals surface area contributed by atoms with Crippen LogP contribution in [0.25, 0.3) is 33.6 Å². The van der Waals surface area contributed by atoms with Crippen molar-refractivity contribution in [3.05, 3.63) is 115 Å². The SMILES string of the molecule is CCNc1nnc(-c2ccccc2O)cc1N1CCN(c2ncc(-c3ccc(C4CCC(C(=O)N[C@H](C(=O)N5C[C@H](O)C[C@H]5C(=O)NCc5ccc(-c6ccnn6C)cc5)C(C)(C)C)CC4)cc3)cn2)C[C@@H]1C. The van der Waals surface area contributed by atoms with Gasteiger partial charge < -0.3 is 40.9 Å². The molecular formula is C56H68N12O5. The molecule has 5 N–H and O–H groups in total. The highest BCUT2D eigenvalue weighted by Gasteiger charge is 2.45. The molecule has 3 aromatic heterocycles. The maximum atomic E-state index is 14.3. The Morgan fingerprint density at radius 3 is 2.21 bits per heavy atom. The zero-order valence-electron chi connectivity index (χ0n) is 42.7. The minimum Gasteiger partial charge on any atom is -0.507 e. The zero-order chi connectivity index (χ0) is 51.4. The van der Waals surface area contributed by atoms with Crippen molar-refractivity contribution in [2.24, 2.45) is 18.4 Å². The van der Waals surface area contributed by atoms with Gasteiger partial charge in [0, 0.05) is 94.4 Å². The lowest BCUT2D eigenvalue weighted by Gasteiger charge is -2.41. The van der Waals surface area contributed by atoms with Crippen LogP contribution < -0.4 is 25.8 Å². The second kappa shape index (κ2) is 21.8. The third-order valence-corrected chi connectivity index (χ3v) is 14.8. The van der Waals surface area contributed by atoms with Gasteiger partial charge in [-0.3, -0.25) is 19.1 Å². The molecule has 3 aliphatic rings. The number of anilines is 3. The van der Waals surface area contributed by atoms with Gasteiger partial charge in [-0.25, -0.2) is 9.97 Å². The Kier molecular flexibility index (Phi) is 15.1. The first-order valence-corrected chi connectivity index (χ1v) is 25.6. The number of piperazine rings is 1. The highest BCUT2D eigenvalue weighted by Crippen LogP contribution is 2.38. The van der Waals surface area contributed by atoms with Crippen molar-refractivity contribution in [3.8, 4) is 39.4 Å². The van der Waals surface area contributed by atoms with Crippen LogP contribution in [0.5, 0.6) is 5.75 Å². The maximum Gasteiger partial charge on any atom is 0.246 e. The molecule has 4 atom stereocenters. The number of aliphatic hydroxyl groups is 1. The largest absolute Gasteiger partial charge is 0.507 e. The Morgan fingerprint density at radius 2 is 1.55 bits per heavy atom.